The van der Waals surface area contributed by atoms with Crippen LogP contribution in [0.1, 0.15) is 32.6 Å². The maximum atomic E-state index is 3.62. The summed E-state index contributed by atoms with van der Waals surface area (Å²) in [6.07, 6.45) is 5.47. The molecule has 3 nitrogen and oxygen atoms in total. The Balaban J connectivity index is 1.79. The summed E-state index contributed by atoms with van der Waals surface area (Å²) < 4.78 is 0. The molecule has 0 aliphatic carbocycles. The summed E-state index contributed by atoms with van der Waals surface area (Å²) in [6, 6.07) is 1.60. The molecule has 94 valence electrons. The number of hydrogen-bond donors (Lipinski definition) is 1. The van der Waals surface area contributed by atoms with E-state index in [4.69, 9.17) is 0 Å². The highest BCUT2D eigenvalue weighted by Gasteiger charge is 2.25. The third-order valence-electron chi connectivity index (χ3n) is 4.23. The summed E-state index contributed by atoms with van der Waals surface area (Å²) in [7, 11) is 2.24. The lowest BCUT2D eigenvalue weighted by Crippen LogP contribution is -2.47. The van der Waals surface area contributed by atoms with Crippen LogP contribution in [0.2, 0.25) is 0 Å². The van der Waals surface area contributed by atoms with Crippen LogP contribution < -0.4 is 5.32 Å². The second kappa shape index (κ2) is 5.99. The Hall–Kier alpha value is -0.120. The molecule has 0 saturated carbocycles. The van der Waals surface area contributed by atoms with Crippen molar-refractivity contribution in [2.24, 2.45) is 0 Å². The Morgan fingerprint density at radius 3 is 2.56 bits per heavy atom. The lowest BCUT2D eigenvalue weighted by molar-refractivity contribution is 0.118. The zero-order valence-electron chi connectivity index (χ0n) is 10.9. The van der Waals surface area contributed by atoms with Crippen molar-refractivity contribution in [1.82, 2.24) is 15.1 Å². The van der Waals surface area contributed by atoms with Gasteiger partial charge in [0.1, 0.15) is 0 Å². The molecule has 2 aliphatic rings. The average Bonchev–Trinajstić information content (AvgIpc) is 2.80. The lowest BCUT2D eigenvalue weighted by atomic mass is 10.0. The van der Waals surface area contributed by atoms with Gasteiger partial charge >= 0.3 is 0 Å². The maximum absolute atomic E-state index is 3.62. The van der Waals surface area contributed by atoms with Crippen molar-refractivity contribution in [3.63, 3.8) is 0 Å². The fraction of sp³-hybridized carbons (Fsp3) is 1.00. The van der Waals surface area contributed by atoms with E-state index in [9.17, 15) is 0 Å². The Morgan fingerprint density at radius 1 is 1.25 bits per heavy atom. The molecule has 0 amide bonds. The van der Waals surface area contributed by atoms with E-state index in [0.29, 0.717) is 0 Å². The molecular formula is C13H27N3. The molecule has 0 bridgehead atoms. The van der Waals surface area contributed by atoms with E-state index < -0.39 is 0 Å². The molecule has 0 aromatic rings. The van der Waals surface area contributed by atoms with Crippen LogP contribution in [0.5, 0.6) is 0 Å². The highest BCUT2D eigenvalue weighted by molar-refractivity contribution is 4.83. The molecule has 3 heteroatoms. The maximum Gasteiger partial charge on any atom is 0.0195 e. The Kier molecular flexibility index (Phi) is 4.62. The van der Waals surface area contributed by atoms with Crippen molar-refractivity contribution >= 4 is 0 Å². The molecule has 1 unspecified atom stereocenters. The van der Waals surface area contributed by atoms with Gasteiger partial charge in [0.25, 0.3) is 0 Å². The number of nitrogens with zero attached hydrogens (tertiary/aromatic N) is 2. The Bertz CT molecular complexity index is 193. The van der Waals surface area contributed by atoms with Gasteiger partial charge in [-0.1, -0.05) is 6.92 Å². The monoisotopic (exact) mass is 225 g/mol. The van der Waals surface area contributed by atoms with Crippen molar-refractivity contribution in [2.75, 3.05) is 39.8 Å². The zero-order chi connectivity index (χ0) is 11.4. The van der Waals surface area contributed by atoms with E-state index in [-0.39, 0.29) is 0 Å². The van der Waals surface area contributed by atoms with E-state index >= 15 is 0 Å². The van der Waals surface area contributed by atoms with Crippen molar-refractivity contribution in [3.8, 4) is 0 Å². The first-order valence-corrected chi connectivity index (χ1v) is 6.95. The van der Waals surface area contributed by atoms with Crippen molar-refractivity contribution in [1.29, 1.82) is 0 Å². The molecule has 0 spiro atoms. The minimum absolute atomic E-state index is 0.764. The largest absolute Gasteiger partial charge is 0.313 e. The third-order valence-corrected chi connectivity index (χ3v) is 4.23. The Labute approximate surface area is 100 Å². The van der Waals surface area contributed by atoms with Gasteiger partial charge in [-0.05, 0) is 58.9 Å². The van der Waals surface area contributed by atoms with Crippen LogP contribution in [0.3, 0.4) is 0 Å². The van der Waals surface area contributed by atoms with Crippen LogP contribution in [0.15, 0.2) is 0 Å². The number of likely N-dealkylation sites (N-methyl/N-ethyl adjacent to an activating group) is 1. The predicted molar refractivity (Wildman–Crippen MR) is 68.8 cm³/mol. The first-order valence-electron chi connectivity index (χ1n) is 6.95. The summed E-state index contributed by atoms with van der Waals surface area (Å²) in [5.41, 5.74) is 0. The standard InChI is InChI=1S/C13H27N3/c1-3-16(11-12-5-4-8-14-12)13-6-9-15(2)10-7-13/h12-14H,3-11H2,1-2H3. The van der Waals surface area contributed by atoms with Gasteiger partial charge in [0.2, 0.25) is 0 Å². The molecule has 2 heterocycles. The minimum Gasteiger partial charge on any atom is -0.313 e. The van der Waals surface area contributed by atoms with Crippen LogP contribution in [0.4, 0.5) is 0 Å². The van der Waals surface area contributed by atoms with Gasteiger partial charge in [-0.3, -0.25) is 4.90 Å². The van der Waals surface area contributed by atoms with E-state index in [1.165, 1.54) is 58.4 Å². The molecule has 2 saturated heterocycles. The number of nitrogens with one attached hydrogen (secondary N) is 1. The molecule has 0 aromatic heterocycles. The van der Waals surface area contributed by atoms with Crippen molar-refractivity contribution in [3.05, 3.63) is 0 Å². The fourth-order valence-corrected chi connectivity index (χ4v) is 3.09. The number of likely N-dealkylation sites (tertiary alicyclic amines) is 1. The molecule has 1 atom stereocenters. The van der Waals surface area contributed by atoms with E-state index in [2.05, 4.69) is 29.1 Å². The smallest absolute Gasteiger partial charge is 0.0195 e. The summed E-state index contributed by atoms with van der Waals surface area (Å²) >= 11 is 0. The quantitative estimate of drug-likeness (QED) is 0.774. The predicted octanol–water partition coefficient (Wildman–Crippen LogP) is 1.15. The topological polar surface area (TPSA) is 18.5 Å². The van der Waals surface area contributed by atoms with Gasteiger partial charge in [-0.2, -0.15) is 0 Å². The van der Waals surface area contributed by atoms with Gasteiger partial charge in [-0.25, -0.2) is 0 Å². The first-order chi connectivity index (χ1) is 7.79. The second-order valence-electron chi connectivity index (χ2n) is 5.42. The second-order valence-corrected chi connectivity index (χ2v) is 5.42. The van der Waals surface area contributed by atoms with Crippen LogP contribution in [-0.2, 0) is 0 Å². The van der Waals surface area contributed by atoms with E-state index in [0.717, 1.165) is 12.1 Å². The SMILES string of the molecule is CCN(CC1CCCN1)C1CCN(C)CC1. The van der Waals surface area contributed by atoms with E-state index in [1.807, 2.05) is 0 Å². The molecular weight excluding hydrogens is 198 g/mol. The lowest BCUT2D eigenvalue weighted by Gasteiger charge is -2.38. The third kappa shape index (κ3) is 3.19. The molecule has 16 heavy (non-hydrogen) atoms. The number of piperidine rings is 1. The van der Waals surface area contributed by atoms with Gasteiger partial charge in [0, 0.05) is 18.6 Å². The fourth-order valence-electron chi connectivity index (χ4n) is 3.09. The van der Waals surface area contributed by atoms with Gasteiger partial charge in [-0.15, -0.1) is 0 Å². The van der Waals surface area contributed by atoms with E-state index in [1.54, 1.807) is 0 Å². The highest BCUT2D eigenvalue weighted by atomic mass is 15.2. The average molecular weight is 225 g/mol. The van der Waals surface area contributed by atoms with Gasteiger partial charge < -0.3 is 10.2 Å². The molecule has 2 fully saturated rings. The molecule has 2 rings (SSSR count). The number of rotatable bonds is 4. The zero-order valence-corrected chi connectivity index (χ0v) is 10.9. The normalized spacial score (nSPS) is 29.1. The van der Waals surface area contributed by atoms with Crippen LogP contribution in [0.25, 0.3) is 0 Å². The molecule has 1 N–H and O–H groups in total. The van der Waals surface area contributed by atoms with Crippen molar-refractivity contribution in [2.45, 2.75) is 44.7 Å². The van der Waals surface area contributed by atoms with Gasteiger partial charge in [0.05, 0.1) is 0 Å². The van der Waals surface area contributed by atoms with Crippen molar-refractivity contribution < 1.29 is 0 Å². The van der Waals surface area contributed by atoms with Crippen LogP contribution in [0, 0.1) is 0 Å². The molecule has 0 radical (unpaired) electrons. The summed E-state index contributed by atoms with van der Waals surface area (Å²) in [5, 5.41) is 3.62. The summed E-state index contributed by atoms with van der Waals surface area (Å²) in [4.78, 5) is 5.16. The molecule has 2 aliphatic heterocycles. The highest BCUT2D eigenvalue weighted by Crippen LogP contribution is 2.17. The molecule has 0 aromatic carbocycles. The van der Waals surface area contributed by atoms with Crippen LogP contribution >= 0.6 is 0 Å². The summed E-state index contributed by atoms with van der Waals surface area (Å²) in [5.74, 6) is 0. The summed E-state index contributed by atoms with van der Waals surface area (Å²) in [6.45, 7) is 8.58. The first kappa shape index (κ1) is 12.3. The minimum atomic E-state index is 0.764. The van der Waals surface area contributed by atoms with Crippen LogP contribution in [-0.4, -0.2) is 61.7 Å². The Morgan fingerprint density at radius 2 is 2.00 bits per heavy atom. The van der Waals surface area contributed by atoms with Gasteiger partial charge in [0.15, 0.2) is 0 Å². The number of hydrogen-bond acceptors (Lipinski definition) is 3.